The van der Waals surface area contributed by atoms with Gasteiger partial charge in [0.25, 0.3) is 11.5 Å². The molecule has 3 rings (SSSR count). The lowest BCUT2D eigenvalue weighted by molar-refractivity contribution is -0.245. The Morgan fingerprint density at radius 1 is 1.15 bits per heavy atom. The number of aromatic nitrogens is 1. The molecule has 1 aromatic heterocycles. The van der Waals surface area contributed by atoms with E-state index in [1.807, 2.05) is 5.32 Å². The molecule has 11 heteroatoms. The standard InChI is InChI=1S/C22H21F4N3O4/c1-4-29(18-9-12(2)5-8-17(18)23)11-21(32,22(24,25)26)20(31)27-14-6-7-15-16(10-14)13(3)28-33-19(15)30/h5-10,32H,4,11H2,1-3H3,(H,27,31). The molecule has 33 heavy (non-hydrogen) atoms. The summed E-state index contributed by atoms with van der Waals surface area (Å²) in [6, 6.07) is 7.59. The Kier molecular flexibility index (Phi) is 6.46. The van der Waals surface area contributed by atoms with Crippen LogP contribution in [-0.4, -0.2) is 41.0 Å². The summed E-state index contributed by atoms with van der Waals surface area (Å²) < 4.78 is 60.7. The van der Waals surface area contributed by atoms with E-state index in [4.69, 9.17) is 0 Å². The van der Waals surface area contributed by atoms with Gasteiger partial charge in [-0.2, -0.15) is 13.2 Å². The molecule has 1 unspecified atom stereocenters. The molecule has 176 valence electrons. The number of alkyl halides is 3. The van der Waals surface area contributed by atoms with E-state index in [-0.39, 0.29) is 34.4 Å². The fourth-order valence-corrected chi connectivity index (χ4v) is 3.34. The molecule has 0 aliphatic rings. The summed E-state index contributed by atoms with van der Waals surface area (Å²) in [6.45, 7) is 3.27. The number of amides is 1. The smallest absolute Gasteiger partial charge is 0.371 e. The van der Waals surface area contributed by atoms with Gasteiger partial charge in [0, 0.05) is 17.6 Å². The maximum absolute atomic E-state index is 14.3. The van der Waals surface area contributed by atoms with Crippen LogP contribution in [0.3, 0.4) is 0 Å². The number of rotatable bonds is 6. The number of carbonyl (C=O) groups excluding carboxylic acids is 1. The molecular formula is C22H21F4N3O4. The minimum atomic E-state index is -5.37. The minimum absolute atomic E-state index is 0.101. The van der Waals surface area contributed by atoms with Gasteiger partial charge in [-0.3, -0.25) is 4.79 Å². The first-order chi connectivity index (χ1) is 15.4. The molecule has 2 aromatic carbocycles. The highest BCUT2D eigenvalue weighted by Crippen LogP contribution is 2.34. The third-order valence-corrected chi connectivity index (χ3v) is 5.24. The summed E-state index contributed by atoms with van der Waals surface area (Å²) in [5.74, 6) is -2.54. The Labute approximate surface area is 185 Å². The molecule has 0 spiro atoms. The van der Waals surface area contributed by atoms with Crippen molar-refractivity contribution in [3.63, 3.8) is 0 Å². The van der Waals surface area contributed by atoms with Crippen molar-refractivity contribution in [1.29, 1.82) is 0 Å². The number of likely N-dealkylation sites (N-methyl/N-ethyl adjacent to an activating group) is 1. The van der Waals surface area contributed by atoms with E-state index in [9.17, 15) is 32.3 Å². The van der Waals surface area contributed by atoms with Gasteiger partial charge in [-0.05, 0) is 56.7 Å². The van der Waals surface area contributed by atoms with Gasteiger partial charge in [-0.25, -0.2) is 9.18 Å². The van der Waals surface area contributed by atoms with E-state index in [2.05, 4.69) is 9.68 Å². The summed E-state index contributed by atoms with van der Waals surface area (Å²) >= 11 is 0. The quantitative estimate of drug-likeness (QED) is 0.537. The van der Waals surface area contributed by atoms with Crippen LogP contribution < -0.4 is 15.8 Å². The normalized spacial score (nSPS) is 13.6. The minimum Gasteiger partial charge on any atom is -0.371 e. The number of anilines is 2. The van der Waals surface area contributed by atoms with E-state index in [0.29, 0.717) is 5.56 Å². The Morgan fingerprint density at radius 2 is 1.85 bits per heavy atom. The Bertz CT molecular complexity index is 1260. The van der Waals surface area contributed by atoms with Crippen LogP contribution in [0.5, 0.6) is 0 Å². The molecule has 3 aromatic rings. The highest BCUT2D eigenvalue weighted by atomic mass is 19.4. The maximum atomic E-state index is 14.3. The Balaban J connectivity index is 1.97. The zero-order valence-electron chi connectivity index (χ0n) is 18.0. The van der Waals surface area contributed by atoms with Crippen LogP contribution >= 0.6 is 0 Å². The highest BCUT2D eigenvalue weighted by Gasteiger charge is 2.60. The second-order valence-electron chi connectivity index (χ2n) is 7.60. The summed E-state index contributed by atoms with van der Waals surface area (Å²) in [5, 5.41) is 16.5. The first-order valence-electron chi connectivity index (χ1n) is 9.89. The monoisotopic (exact) mass is 467 g/mol. The Hall–Kier alpha value is -3.47. The van der Waals surface area contributed by atoms with Crippen LogP contribution in [0.2, 0.25) is 0 Å². The van der Waals surface area contributed by atoms with Crippen LogP contribution in [0.1, 0.15) is 18.2 Å². The van der Waals surface area contributed by atoms with Gasteiger partial charge >= 0.3 is 11.8 Å². The third kappa shape index (κ3) is 4.68. The van der Waals surface area contributed by atoms with Crippen molar-refractivity contribution in [2.24, 2.45) is 0 Å². The average Bonchev–Trinajstić information content (AvgIpc) is 2.75. The second-order valence-corrected chi connectivity index (χ2v) is 7.60. The molecule has 0 radical (unpaired) electrons. The van der Waals surface area contributed by atoms with E-state index in [1.54, 1.807) is 6.92 Å². The van der Waals surface area contributed by atoms with Crippen LogP contribution in [0.15, 0.2) is 45.7 Å². The number of nitrogens with zero attached hydrogens (tertiary/aromatic N) is 2. The lowest BCUT2D eigenvalue weighted by Gasteiger charge is -2.35. The molecule has 0 bridgehead atoms. The van der Waals surface area contributed by atoms with E-state index >= 15 is 0 Å². The number of aliphatic hydroxyl groups is 1. The number of hydrogen-bond acceptors (Lipinski definition) is 6. The van der Waals surface area contributed by atoms with Gasteiger partial charge in [-0.1, -0.05) is 11.2 Å². The first-order valence-corrected chi connectivity index (χ1v) is 9.89. The molecular weight excluding hydrogens is 446 g/mol. The van der Waals surface area contributed by atoms with E-state index in [1.165, 1.54) is 44.2 Å². The van der Waals surface area contributed by atoms with Crippen molar-refractivity contribution in [2.75, 3.05) is 23.3 Å². The zero-order valence-corrected chi connectivity index (χ0v) is 18.0. The molecule has 1 heterocycles. The summed E-state index contributed by atoms with van der Waals surface area (Å²) in [7, 11) is 0. The van der Waals surface area contributed by atoms with Crippen molar-refractivity contribution in [2.45, 2.75) is 32.5 Å². The number of aryl methyl sites for hydroxylation is 2. The predicted molar refractivity (Wildman–Crippen MR) is 114 cm³/mol. The highest BCUT2D eigenvalue weighted by molar-refractivity contribution is 6.00. The van der Waals surface area contributed by atoms with Gasteiger partial charge in [0.1, 0.15) is 5.82 Å². The number of fused-ring (bicyclic) bond motifs is 1. The second kappa shape index (κ2) is 8.81. The van der Waals surface area contributed by atoms with Gasteiger partial charge in [-0.15, -0.1) is 0 Å². The molecule has 0 aliphatic heterocycles. The first kappa shape index (κ1) is 24.2. The van der Waals surface area contributed by atoms with Crippen molar-refractivity contribution in [3.8, 4) is 0 Å². The molecule has 0 aliphatic carbocycles. The van der Waals surface area contributed by atoms with Crippen LogP contribution in [-0.2, 0) is 4.79 Å². The lowest BCUT2D eigenvalue weighted by Crippen LogP contribution is -2.61. The van der Waals surface area contributed by atoms with Gasteiger partial charge in [0.15, 0.2) is 0 Å². The molecule has 0 saturated carbocycles. The molecule has 0 fully saturated rings. The number of benzene rings is 2. The number of hydrogen-bond donors (Lipinski definition) is 2. The molecule has 1 atom stereocenters. The number of carbonyl (C=O) groups is 1. The van der Waals surface area contributed by atoms with Crippen molar-refractivity contribution in [3.05, 3.63) is 63.9 Å². The maximum Gasteiger partial charge on any atom is 0.428 e. The fraction of sp³-hybridized carbons (Fsp3) is 0.318. The summed E-state index contributed by atoms with van der Waals surface area (Å²) in [6.07, 6.45) is -5.37. The van der Waals surface area contributed by atoms with E-state index in [0.717, 1.165) is 11.0 Å². The fourth-order valence-electron chi connectivity index (χ4n) is 3.34. The largest absolute Gasteiger partial charge is 0.428 e. The van der Waals surface area contributed by atoms with Gasteiger partial charge in [0.2, 0.25) is 0 Å². The van der Waals surface area contributed by atoms with E-state index < -0.39 is 35.7 Å². The SMILES string of the molecule is CCN(CC(O)(C(=O)Nc1ccc2c(=O)onc(C)c2c1)C(F)(F)F)c1cc(C)ccc1F. The number of halogens is 4. The Morgan fingerprint density at radius 3 is 2.48 bits per heavy atom. The van der Waals surface area contributed by atoms with Gasteiger partial charge < -0.3 is 19.8 Å². The van der Waals surface area contributed by atoms with Crippen LogP contribution in [0.4, 0.5) is 28.9 Å². The zero-order chi connectivity index (χ0) is 24.6. The molecule has 7 nitrogen and oxygen atoms in total. The molecule has 1 amide bonds. The van der Waals surface area contributed by atoms with Crippen molar-refractivity contribution >= 4 is 28.1 Å². The van der Waals surface area contributed by atoms with Gasteiger partial charge in [0.05, 0.1) is 23.3 Å². The van der Waals surface area contributed by atoms with Crippen molar-refractivity contribution in [1.82, 2.24) is 5.16 Å². The summed E-state index contributed by atoms with van der Waals surface area (Å²) in [4.78, 5) is 25.4. The van der Waals surface area contributed by atoms with Crippen molar-refractivity contribution < 1.29 is 32.0 Å². The van der Waals surface area contributed by atoms with Crippen LogP contribution in [0.25, 0.3) is 10.8 Å². The summed E-state index contributed by atoms with van der Waals surface area (Å²) in [5.41, 5.74) is -4.02. The van der Waals surface area contributed by atoms with Crippen LogP contribution in [0, 0.1) is 19.7 Å². The lowest BCUT2D eigenvalue weighted by atomic mass is 10.00. The average molecular weight is 467 g/mol. The third-order valence-electron chi connectivity index (χ3n) is 5.24. The predicted octanol–water partition coefficient (Wildman–Crippen LogP) is 3.70. The topological polar surface area (TPSA) is 95.7 Å². The molecule has 2 N–H and O–H groups in total. The number of nitrogens with one attached hydrogen (secondary N) is 1. The molecule has 0 saturated heterocycles.